The summed E-state index contributed by atoms with van der Waals surface area (Å²) in [5, 5.41) is 5.38. The van der Waals surface area contributed by atoms with Crippen LogP contribution in [0.25, 0.3) is 0 Å². The highest BCUT2D eigenvalue weighted by Gasteiger charge is 2.32. The van der Waals surface area contributed by atoms with Gasteiger partial charge in [0.05, 0.1) is 0 Å². The molecule has 1 aliphatic rings. The monoisotopic (exact) mass is 387 g/mol. The van der Waals surface area contributed by atoms with Crippen molar-refractivity contribution in [1.29, 1.82) is 0 Å². The van der Waals surface area contributed by atoms with Gasteiger partial charge in [0.1, 0.15) is 5.25 Å². The molecule has 1 saturated heterocycles. The molecule has 0 radical (unpaired) electrons. The average molecular weight is 387 g/mol. The number of alkyl halides is 2. The molecular weight excluding hydrogens is 368 g/mol. The van der Waals surface area contributed by atoms with E-state index in [-0.39, 0.29) is 24.3 Å². The summed E-state index contributed by atoms with van der Waals surface area (Å²) in [6, 6.07) is 6.25. The van der Waals surface area contributed by atoms with Gasteiger partial charge in [0.15, 0.2) is 5.17 Å². The van der Waals surface area contributed by atoms with Gasteiger partial charge in [0.25, 0.3) is 5.76 Å². The number of carbonyl (C=O) groups is 2. The first kappa shape index (κ1) is 19.7. The quantitative estimate of drug-likeness (QED) is 0.700. The number of amides is 2. The summed E-state index contributed by atoms with van der Waals surface area (Å²) in [5.41, 5.74) is 0.500. The van der Waals surface area contributed by atoms with Gasteiger partial charge < -0.3 is 10.6 Å². The fraction of sp³-hybridized carbons (Fsp3) is 0.438. The molecule has 1 heterocycles. The van der Waals surface area contributed by atoms with Gasteiger partial charge in [-0.1, -0.05) is 30.4 Å². The second kappa shape index (κ2) is 9.19. The molecule has 2 amide bonds. The third kappa shape index (κ3) is 6.32. The number of nitrogens with one attached hydrogen (secondary N) is 2. The lowest BCUT2D eigenvalue weighted by atomic mass is 10.2. The largest absolute Gasteiger partial charge is 0.326 e. The second-order valence-corrected chi connectivity index (χ2v) is 7.70. The van der Waals surface area contributed by atoms with E-state index in [1.165, 1.54) is 23.9 Å². The number of anilines is 1. The minimum atomic E-state index is -2.48. The lowest BCUT2D eigenvalue weighted by Gasteiger charge is -2.08. The molecule has 1 aromatic rings. The first-order chi connectivity index (χ1) is 11.9. The molecule has 0 spiro atoms. The minimum absolute atomic E-state index is 0.0174. The van der Waals surface area contributed by atoms with Crippen LogP contribution in [0.5, 0.6) is 0 Å². The molecule has 1 aliphatic heterocycles. The smallest absolute Gasteiger partial charge is 0.288 e. The molecule has 9 heteroatoms. The van der Waals surface area contributed by atoms with E-state index in [1.54, 1.807) is 12.1 Å². The summed E-state index contributed by atoms with van der Waals surface area (Å²) in [6.45, 7) is 3.96. The van der Waals surface area contributed by atoms with Crippen LogP contribution in [-0.4, -0.2) is 34.0 Å². The zero-order valence-electron chi connectivity index (χ0n) is 13.8. The van der Waals surface area contributed by atoms with Gasteiger partial charge in [-0.3, -0.25) is 14.6 Å². The van der Waals surface area contributed by atoms with Crippen molar-refractivity contribution in [3.8, 4) is 0 Å². The molecule has 0 aliphatic carbocycles. The van der Waals surface area contributed by atoms with Crippen molar-refractivity contribution in [2.75, 3.05) is 5.32 Å². The molecule has 1 fully saturated rings. The van der Waals surface area contributed by atoms with Crippen LogP contribution in [0, 0.1) is 0 Å². The SMILES string of the molecule is CC[C@H](C)N=C1NC(=O)[C@H](CC(=O)Nc2ccc(SC(F)F)cc2)S1. The maximum absolute atomic E-state index is 12.3. The molecule has 2 N–H and O–H groups in total. The van der Waals surface area contributed by atoms with Crippen molar-refractivity contribution in [2.24, 2.45) is 4.99 Å². The van der Waals surface area contributed by atoms with Crippen LogP contribution in [0.15, 0.2) is 34.2 Å². The standard InChI is InChI=1S/C16H19F2N3O2S2/c1-3-9(2)19-16-21-14(23)12(25-16)8-13(22)20-10-4-6-11(7-5-10)24-15(17)18/h4-7,9,12,15H,3,8H2,1-2H3,(H,20,22)(H,19,21,23)/t9-,12-/m0/s1. The fourth-order valence-electron chi connectivity index (χ4n) is 1.99. The molecule has 0 aromatic heterocycles. The molecule has 1 aromatic carbocycles. The molecule has 25 heavy (non-hydrogen) atoms. The van der Waals surface area contributed by atoms with Crippen LogP contribution in [0.1, 0.15) is 26.7 Å². The maximum atomic E-state index is 12.3. The summed E-state index contributed by atoms with van der Waals surface area (Å²) >= 11 is 1.70. The highest BCUT2D eigenvalue weighted by atomic mass is 32.2. The van der Waals surface area contributed by atoms with Crippen LogP contribution in [-0.2, 0) is 9.59 Å². The van der Waals surface area contributed by atoms with Gasteiger partial charge in [-0.05, 0) is 37.6 Å². The molecule has 0 bridgehead atoms. The zero-order chi connectivity index (χ0) is 18.4. The summed E-state index contributed by atoms with van der Waals surface area (Å²) in [5.74, 6) is -3.03. The Morgan fingerprint density at radius 2 is 2.08 bits per heavy atom. The van der Waals surface area contributed by atoms with Crippen molar-refractivity contribution in [3.63, 3.8) is 0 Å². The number of aliphatic imine (C=N–C) groups is 1. The maximum Gasteiger partial charge on any atom is 0.288 e. The van der Waals surface area contributed by atoms with E-state index in [4.69, 9.17) is 0 Å². The van der Waals surface area contributed by atoms with Crippen molar-refractivity contribution in [2.45, 2.75) is 48.6 Å². The number of carbonyl (C=O) groups excluding carboxylic acids is 2. The summed E-state index contributed by atoms with van der Waals surface area (Å²) in [6.07, 6.45) is 0.883. The minimum Gasteiger partial charge on any atom is -0.326 e. The van der Waals surface area contributed by atoms with Gasteiger partial charge in [-0.2, -0.15) is 8.78 Å². The van der Waals surface area contributed by atoms with Crippen LogP contribution in [0.2, 0.25) is 0 Å². The molecule has 5 nitrogen and oxygen atoms in total. The first-order valence-corrected chi connectivity index (χ1v) is 9.53. The molecule has 2 atom stereocenters. The molecule has 2 rings (SSSR count). The lowest BCUT2D eigenvalue weighted by molar-refractivity contribution is -0.122. The van der Waals surface area contributed by atoms with Crippen molar-refractivity contribution >= 4 is 46.2 Å². The Hall–Kier alpha value is -1.61. The van der Waals surface area contributed by atoms with E-state index in [0.717, 1.165) is 6.42 Å². The Bertz CT molecular complexity index is 653. The molecule has 136 valence electrons. The second-order valence-electron chi connectivity index (χ2n) is 5.44. The first-order valence-electron chi connectivity index (χ1n) is 7.77. The van der Waals surface area contributed by atoms with Gasteiger partial charge in [-0.25, -0.2) is 0 Å². The van der Waals surface area contributed by atoms with Crippen LogP contribution >= 0.6 is 23.5 Å². The van der Waals surface area contributed by atoms with Crippen LogP contribution in [0.4, 0.5) is 14.5 Å². The Morgan fingerprint density at radius 3 is 2.68 bits per heavy atom. The Labute approximate surface area is 153 Å². The third-order valence-corrected chi connectivity index (χ3v) is 5.26. The fourth-order valence-corrected chi connectivity index (χ4v) is 3.56. The number of halogens is 2. The van der Waals surface area contributed by atoms with Crippen molar-refractivity contribution in [1.82, 2.24) is 5.32 Å². The summed E-state index contributed by atoms with van der Waals surface area (Å²) in [4.78, 5) is 28.8. The van der Waals surface area contributed by atoms with Gasteiger partial charge in [0, 0.05) is 23.0 Å². The number of hydrogen-bond acceptors (Lipinski definition) is 5. The molecule has 0 unspecified atom stereocenters. The number of nitrogens with zero attached hydrogens (tertiary/aromatic N) is 1. The Kier molecular flexibility index (Phi) is 7.24. The Morgan fingerprint density at radius 1 is 1.40 bits per heavy atom. The van der Waals surface area contributed by atoms with Gasteiger partial charge >= 0.3 is 0 Å². The highest BCUT2D eigenvalue weighted by molar-refractivity contribution is 8.15. The predicted molar refractivity (Wildman–Crippen MR) is 98.3 cm³/mol. The highest BCUT2D eigenvalue weighted by Crippen LogP contribution is 2.27. The van der Waals surface area contributed by atoms with Crippen molar-refractivity contribution < 1.29 is 18.4 Å². The number of rotatable bonds is 7. The molecule has 0 saturated carbocycles. The van der Waals surface area contributed by atoms with Crippen LogP contribution in [0.3, 0.4) is 0 Å². The number of thioether (sulfide) groups is 2. The number of benzene rings is 1. The lowest BCUT2D eigenvalue weighted by Crippen LogP contribution is -2.28. The van der Waals surface area contributed by atoms with E-state index in [0.29, 0.717) is 27.5 Å². The Balaban J connectivity index is 1.88. The molecular formula is C16H19F2N3O2S2. The van der Waals surface area contributed by atoms with Gasteiger partial charge in [0.2, 0.25) is 11.8 Å². The predicted octanol–water partition coefficient (Wildman–Crippen LogP) is 3.72. The van der Waals surface area contributed by atoms with E-state index in [2.05, 4.69) is 15.6 Å². The topological polar surface area (TPSA) is 70.6 Å². The van der Waals surface area contributed by atoms with E-state index in [1.807, 2.05) is 13.8 Å². The van der Waals surface area contributed by atoms with Crippen LogP contribution < -0.4 is 10.6 Å². The van der Waals surface area contributed by atoms with E-state index in [9.17, 15) is 18.4 Å². The normalized spacial score (nSPS) is 20.0. The summed E-state index contributed by atoms with van der Waals surface area (Å²) < 4.78 is 24.5. The zero-order valence-corrected chi connectivity index (χ0v) is 15.4. The third-order valence-electron chi connectivity index (χ3n) is 3.44. The van der Waals surface area contributed by atoms with E-state index >= 15 is 0 Å². The van der Waals surface area contributed by atoms with Crippen molar-refractivity contribution in [3.05, 3.63) is 24.3 Å². The summed E-state index contributed by atoms with van der Waals surface area (Å²) in [7, 11) is 0. The number of hydrogen-bond donors (Lipinski definition) is 2. The number of amidine groups is 1. The van der Waals surface area contributed by atoms with Gasteiger partial charge in [-0.15, -0.1) is 0 Å². The van der Waals surface area contributed by atoms with E-state index < -0.39 is 11.0 Å². The average Bonchev–Trinajstić information content (AvgIpc) is 2.87.